The van der Waals surface area contributed by atoms with Crippen LogP contribution in [0.5, 0.6) is 5.75 Å². The van der Waals surface area contributed by atoms with Gasteiger partial charge in [-0.05, 0) is 30.7 Å². The lowest BCUT2D eigenvalue weighted by Gasteiger charge is -2.09. The highest BCUT2D eigenvalue weighted by atomic mass is 35.5. The fraction of sp³-hybridized carbons (Fsp3) is 0.214. The number of hydrogen-bond acceptors (Lipinski definition) is 4. The summed E-state index contributed by atoms with van der Waals surface area (Å²) in [5, 5.41) is 0.139. The predicted molar refractivity (Wildman–Crippen MR) is 80.9 cm³/mol. The zero-order chi connectivity index (χ0) is 15.3. The number of hydrogen-bond donors (Lipinski definition) is 1. The fourth-order valence-corrected chi connectivity index (χ4v) is 3.18. The number of ether oxygens (including phenoxy) is 1. The van der Waals surface area contributed by atoms with Gasteiger partial charge >= 0.3 is 0 Å². The molecule has 1 heterocycles. The molecular formula is C14H15ClN2O3S. The Morgan fingerprint density at radius 2 is 2.14 bits per heavy atom. The van der Waals surface area contributed by atoms with E-state index in [1.807, 2.05) is 25.1 Å². The highest BCUT2D eigenvalue weighted by Crippen LogP contribution is 2.19. The molecule has 1 aromatic heterocycles. The molecule has 0 atom stereocenters. The minimum Gasteiger partial charge on any atom is -0.494 e. The predicted octanol–water partition coefficient (Wildman–Crippen LogP) is 2.61. The first-order valence-corrected chi connectivity index (χ1v) is 8.20. The molecule has 0 bridgehead atoms. The van der Waals surface area contributed by atoms with Crippen molar-refractivity contribution >= 4 is 21.6 Å². The molecule has 112 valence electrons. The van der Waals surface area contributed by atoms with Gasteiger partial charge in [-0.2, -0.15) is 0 Å². The van der Waals surface area contributed by atoms with Crippen LogP contribution in [0.2, 0.25) is 5.02 Å². The molecule has 0 aliphatic heterocycles. The molecule has 2 rings (SSSR count). The minimum atomic E-state index is -3.70. The second-order valence-electron chi connectivity index (χ2n) is 4.21. The molecule has 0 spiro atoms. The van der Waals surface area contributed by atoms with E-state index < -0.39 is 10.0 Å². The molecule has 7 heteroatoms. The van der Waals surface area contributed by atoms with Gasteiger partial charge in [-0.15, -0.1) is 0 Å². The van der Waals surface area contributed by atoms with Gasteiger partial charge in [-0.25, -0.2) is 13.1 Å². The van der Waals surface area contributed by atoms with E-state index in [1.165, 1.54) is 18.5 Å². The maximum absolute atomic E-state index is 12.2. The Morgan fingerprint density at radius 3 is 2.86 bits per heavy atom. The monoisotopic (exact) mass is 326 g/mol. The van der Waals surface area contributed by atoms with Crippen LogP contribution in [0.25, 0.3) is 0 Å². The number of pyridine rings is 1. The van der Waals surface area contributed by atoms with Gasteiger partial charge in [-0.1, -0.05) is 23.7 Å². The third kappa shape index (κ3) is 4.17. The summed E-state index contributed by atoms with van der Waals surface area (Å²) in [7, 11) is -3.70. The van der Waals surface area contributed by atoms with Crippen molar-refractivity contribution < 1.29 is 13.2 Å². The van der Waals surface area contributed by atoms with Crippen LogP contribution in [0.1, 0.15) is 12.5 Å². The summed E-state index contributed by atoms with van der Waals surface area (Å²) in [5.41, 5.74) is 0.796. The van der Waals surface area contributed by atoms with Gasteiger partial charge in [0.15, 0.2) is 0 Å². The van der Waals surface area contributed by atoms with Crippen LogP contribution < -0.4 is 9.46 Å². The van der Waals surface area contributed by atoms with E-state index in [4.69, 9.17) is 16.3 Å². The Hall–Kier alpha value is -1.63. The number of rotatable bonds is 6. The van der Waals surface area contributed by atoms with Crippen molar-refractivity contribution in [3.8, 4) is 5.75 Å². The average Bonchev–Trinajstić information content (AvgIpc) is 2.46. The number of benzene rings is 1. The lowest BCUT2D eigenvalue weighted by atomic mass is 10.2. The first kappa shape index (κ1) is 15.8. The lowest BCUT2D eigenvalue weighted by molar-refractivity contribution is 0.340. The summed E-state index contributed by atoms with van der Waals surface area (Å²) < 4.78 is 32.2. The largest absolute Gasteiger partial charge is 0.494 e. The molecule has 1 aromatic carbocycles. The molecule has 0 amide bonds. The third-order valence-corrected chi connectivity index (χ3v) is 4.57. The van der Waals surface area contributed by atoms with Crippen molar-refractivity contribution in [3.05, 3.63) is 53.3 Å². The Balaban J connectivity index is 2.12. The molecule has 0 unspecified atom stereocenters. The van der Waals surface area contributed by atoms with Gasteiger partial charge in [0.1, 0.15) is 10.6 Å². The molecule has 0 saturated carbocycles. The summed E-state index contributed by atoms with van der Waals surface area (Å²) in [6, 6.07) is 8.67. The van der Waals surface area contributed by atoms with Crippen molar-refractivity contribution in [2.75, 3.05) is 6.61 Å². The molecule has 21 heavy (non-hydrogen) atoms. The normalized spacial score (nSPS) is 11.3. The fourth-order valence-electron chi connectivity index (χ4n) is 1.73. The van der Waals surface area contributed by atoms with Crippen LogP contribution in [0.4, 0.5) is 0 Å². The second-order valence-corrected chi connectivity index (χ2v) is 6.35. The van der Waals surface area contributed by atoms with Gasteiger partial charge in [0.2, 0.25) is 10.0 Å². The highest BCUT2D eigenvalue weighted by Gasteiger charge is 2.17. The second kappa shape index (κ2) is 6.89. The Kier molecular flexibility index (Phi) is 5.17. The molecule has 0 aliphatic carbocycles. The summed E-state index contributed by atoms with van der Waals surface area (Å²) >= 11 is 5.88. The zero-order valence-electron chi connectivity index (χ0n) is 11.4. The number of nitrogens with zero attached hydrogens (tertiary/aromatic N) is 1. The van der Waals surface area contributed by atoms with Crippen LogP contribution in [0.3, 0.4) is 0 Å². The van der Waals surface area contributed by atoms with Crippen LogP contribution in [-0.2, 0) is 16.6 Å². The van der Waals surface area contributed by atoms with Crippen molar-refractivity contribution in [2.24, 2.45) is 0 Å². The smallest absolute Gasteiger partial charge is 0.243 e. The van der Waals surface area contributed by atoms with Crippen molar-refractivity contribution in [3.63, 3.8) is 0 Å². The third-order valence-electron chi connectivity index (χ3n) is 2.70. The topological polar surface area (TPSA) is 68.3 Å². The van der Waals surface area contributed by atoms with E-state index in [0.717, 1.165) is 5.56 Å². The Morgan fingerprint density at radius 1 is 1.33 bits per heavy atom. The van der Waals surface area contributed by atoms with Crippen molar-refractivity contribution in [2.45, 2.75) is 18.4 Å². The number of aromatic nitrogens is 1. The standard InChI is InChI=1S/C14H15ClN2O3S/c1-2-20-12-5-3-4-11(8-12)9-17-21(18,19)14-10-16-7-6-13(14)15/h3-8,10,17H,2,9H2,1H3. The van der Waals surface area contributed by atoms with Gasteiger partial charge in [0.05, 0.1) is 11.6 Å². The van der Waals surface area contributed by atoms with Crippen molar-refractivity contribution in [1.82, 2.24) is 9.71 Å². The van der Waals surface area contributed by atoms with Crippen LogP contribution in [0, 0.1) is 0 Å². The maximum atomic E-state index is 12.2. The molecule has 0 aliphatic rings. The summed E-state index contributed by atoms with van der Waals surface area (Å²) in [6.07, 6.45) is 2.66. The van der Waals surface area contributed by atoms with E-state index in [1.54, 1.807) is 6.07 Å². The Bertz CT molecular complexity index is 720. The molecule has 5 nitrogen and oxygen atoms in total. The van der Waals surface area contributed by atoms with Crippen LogP contribution in [-0.4, -0.2) is 20.0 Å². The minimum absolute atomic E-state index is 0.0346. The SMILES string of the molecule is CCOc1cccc(CNS(=O)(=O)c2cnccc2Cl)c1. The zero-order valence-corrected chi connectivity index (χ0v) is 13.0. The molecule has 0 fully saturated rings. The van der Waals surface area contributed by atoms with Crippen molar-refractivity contribution in [1.29, 1.82) is 0 Å². The van der Waals surface area contributed by atoms with E-state index in [9.17, 15) is 8.42 Å². The molecule has 0 radical (unpaired) electrons. The van der Waals surface area contributed by atoms with Gasteiger partial charge in [0, 0.05) is 18.9 Å². The number of sulfonamides is 1. The number of nitrogens with one attached hydrogen (secondary N) is 1. The van der Waals surface area contributed by atoms with E-state index in [0.29, 0.717) is 12.4 Å². The van der Waals surface area contributed by atoms with E-state index in [-0.39, 0.29) is 16.5 Å². The van der Waals surface area contributed by atoms with E-state index in [2.05, 4.69) is 9.71 Å². The molecular weight excluding hydrogens is 312 g/mol. The summed E-state index contributed by atoms with van der Waals surface area (Å²) in [6.45, 7) is 2.59. The summed E-state index contributed by atoms with van der Waals surface area (Å²) in [5.74, 6) is 0.702. The molecule has 0 saturated heterocycles. The van der Waals surface area contributed by atoms with Gasteiger partial charge < -0.3 is 4.74 Å². The first-order chi connectivity index (χ1) is 10.0. The number of halogens is 1. The Labute approximate surface area is 129 Å². The van der Waals surface area contributed by atoms with Gasteiger partial charge in [0.25, 0.3) is 0 Å². The quantitative estimate of drug-likeness (QED) is 0.886. The molecule has 1 N–H and O–H groups in total. The highest BCUT2D eigenvalue weighted by molar-refractivity contribution is 7.89. The van der Waals surface area contributed by atoms with Gasteiger partial charge in [-0.3, -0.25) is 4.98 Å². The molecule has 2 aromatic rings. The van der Waals surface area contributed by atoms with Crippen LogP contribution in [0.15, 0.2) is 47.6 Å². The average molecular weight is 327 g/mol. The van der Waals surface area contributed by atoms with Crippen LogP contribution >= 0.6 is 11.6 Å². The maximum Gasteiger partial charge on any atom is 0.243 e. The first-order valence-electron chi connectivity index (χ1n) is 6.34. The summed E-state index contributed by atoms with van der Waals surface area (Å²) in [4.78, 5) is 3.75. The lowest BCUT2D eigenvalue weighted by Crippen LogP contribution is -2.23. The van der Waals surface area contributed by atoms with E-state index >= 15 is 0 Å².